The molecule has 2 aromatic carbocycles. The molecule has 0 atom stereocenters. The van der Waals surface area contributed by atoms with Crippen molar-refractivity contribution >= 4 is 34.6 Å². The van der Waals surface area contributed by atoms with Gasteiger partial charge >= 0.3 is 0 Å². The van der Waals surface area contributed by atoms with Gasteiger partial charge in [-0.2, -0.15) is 0 Å². The van der Waals surface area contributed by atoms with Crippen LogP contribution in [0.4, 0.5) is 17.1 Å². The quantitative estimate of drug-likeness (QED) is 0.617. The fourth-order valence-corrected chi connectivity index (χ4v) is 2.18. The number of nitro benzene ring substituents is 2. The van der Waals surface area contributed by atoms with Crippen molar-refractivity contribution in [3.8, 4) is 5.75 Å². The second-order valence-electron chi connectivity index (χ2n) is 4.99. The highest BCUT2D eigenvalue weighted by Crippen LogP contribution is 2.29. The van der Waals surface area contributed by atoms with Crippen molar-refractivity contribution in [2.75, 3.05) is 11.9 Å². The molecule has 0 bridgehead atoms. The zero-order valence-electron chi connectivity index (χ0n) is 12.9. The zero-order valence-corrected chi connectivity index (χ0v) is 13.6. The number of hydrogen-bond donors (Lipinski definition) is 1. The highest BCUT2D eigenvalue weighted by atomic mass is 35.5. The van der Waals surface area contributed by atoms with Gasteiger partial charge in [-0.05, 0) is 24.6 Å². The first-order valence-corrected chi connectivity index (χ1v) is 7.27. The molecule has 0 fully saturated rings. The number of carbonyl (C=O) groups excluding carboxylic acids is 1. The van der Waals surface area contributed by atoms with Crippen molar-refractivity contribution in [3.05, 3.63) is 67.2 Å². The number of halogens is 1. The van der Waals surface area contributed by atoms with Crippen LogP contribution in [0.15, 0.2) is 36.4 Å². The van der Waals surface area contributed by atoms with E-state index >= 15 is 0 Å². The molecule has 0 aliphatic carbocycles. The predicted molar refractivity (Wildman–Crippen MR) is 90.1 cm³/mol. The van der Waals surface area contributed by atoms with Crippen molar-refractivity contribution in [1.82, 2.24) is 0 Å². The summed E-state index contributed by atoms with van der Waals surface area (Å²) in [6.45, 7) is 1.22. The maximum absolute atomic E-state index is 11.9. The van der Waals surface area contributed by atoms with Crippen LogP contribution in [0.1, 0.15) is 5.56 Å². The molecule has 0 aromatic heterocycles. The van der Waals surface area contributed by atoms with Crippen molar-refractivity contribution in [3.63, 3.8) is 0 Å². The molecule has 25 heavy (non-hydrogen) atoms. The first-order chi connectivity index (χ1) is 11.8. The maximum Gasteiger partial charge on any atom is 0.293 e. The molecule has 0 heterocycles. The Balaban J connectivity index is 2.04. The van der Waals surface area contributed by atoms with Gasteiger partial charge in [-0.15, -0.1) is 0 Å². The van der Waals surface area contributed by atoms with Crippen molar-refractivity contribution in [1.29, 1.82) is 0 Å². The molecule has 10 heteroatoms. The summed E-state index contributed by atoms with van der Waals surface area (Å²) < 4.78 is 5.19. The van der Waals surface area contributed by atoms with Crippen molar-refractivity contribution in [2.24, 2.45) is 0 Å². The number of hydrogen-bond acceptors (Lipinski definition) is 6. The maximum atomic E-state index is 11.9. The van der Waals surface area contributed by atoms with Crippen LogP contribution in [-0.2, 0) is 4.79 Å². The Labute approximate surface area is 146 Å². The summed E-state index contributed by atoms with van der Waals surface area (Å²) in [5.41, 5.74) is 0.274. The topological polar surface area (TPSA) is 125 Å². The summed E-state index contributed by atoms with van der Waals surface area (Å²) in [5.74, 6) is -0.554. The fraction of sp³-hybridized carbons (Fsp3) is 0.133. The fourth-order valence-electron chi connectivity index (χ4n) is 1.95. The number of aryl methyl sites for hydroxylation is 1. The molecule has 130 valence electrons. The van der Waals surface area contributed by atoms with Gasteiger partial charge in [0, 0.05) is 18.2 Å². The van der Waals surface area contributed by atoms with Crippen LogP contribution >= 0.6 is 11.6 Å². The van der Waals surface area contributed by atoms with Crippen molar-refractivity contribution < 1.29 is 19.4 Å². The average molecular weight is 366 g/mol. The van der Waals surface area contributed by atoms with Gasteiger partial charge in [-0.3, -0.25) is 25.0 Å². The number of benzene rings is 2. The third-order valence-corrected chi connectivity index (χ3v) is 3.40. The van der Waals surface area contributed by atoms with Gasteiger partial charge in [0.05, 0.1) is 14.9 Å². The van der Waals surface area contributed by atoms with Crippen LogP contribution in [0.2, 0.25) is 5.02 Å². The Kier molecular flexibility index (Phi) is 5.50. The molecule has 0 aliphatic rings. The van der Waals surface area contributed by atoms with E-state index in [2.05, 4.69) is 5.32 Å². The van der Waals surface area contributed by atoms with Crippen LogP contribution in [0.3, 0.4) is 0 Å². The van der Waals surface area contributed by atoms with E-state index in [1.165, 1.54) is 24.3 Å². The zero-order chi connectivity index (χ0) is 18.6. The van der Waals surface area contributed by atoms with Gasteiger partial charge in [0.25, 0.3) is 17.3 Å². The molecule has 9 nitrogen and oxygen atoms in total. The van der Waals surface area contributed by atoms with Gasteiger partial charge in [0.1, 0.15) is 11.4 Å². The second-order valence-corrected chi connectivity index (χ2v) is 5.39. The van der Waals surface area contributed by atoms with Crippen LogP contribution in [0, 0.1) is 27.2 Å². The summed E-state index contributed by atoms with van der Waals surface area (Å²) in [5, 5.41) is 24.0. The van der Waals surface area contributed by atoms with E-state index < -0.39 is 22.4 Å². The van der Waals surface area contributed by atoms with E-state index in [1.807, 2.05) is 0 Å². The molecule has 0 unspecified atom stereocenters. The number of nitrogens with one attached hydrogen (secondary N) is 1. The Morgan fingerprint density at radius 1 is 1.16 bits per heavy atom. The molecule has 0 saturated carbocycles. The lowest BCUT2D eigenvalue weighted by Gasteiger charge is -2.09. The van der Waals surface area contributed by atoms with Crippen LogP contribution < -0.4 is 10.1 Å². The van der Waals surface area contributed by atoms with E-state index in [9.17, 15) is 25.0 Å². The molecular formula is C15H12ClN3O6. The molecule has 1 N–H and O–H groups in total. The monoisotopic (exact) mass is 365 g/mol. The normalized spacial score (nSPS) is 10.2. The third kappa shape index (κ3) is 4.64. The molecule has 2 aromatic rings. The second kappa shape index (κ2) is 7.58. The van der Waals surface area contributed by atoms with E-state index in [-0.39, 0.29) is 27.8 Å². The molecule has 0 spiro atoms. The van der Waals surface area contributed by atoms with Crippen LogP contribution in [0.25, 0.3) is 0 Å². The van der Waals surface area contributed by atoms with Gasteiger partial charge in [-0.25, -0.2) is 0 Å². The minimum Gasteiger partial charge on any atom is -0.482 e. The number of non-ortho nitro benzene ring substituents is 1. The minimum absolute atomic E-state index is 0.0247. The van der Waals surface area contributed by atoms with E-state index in [1.54, 1.807) is 13.0 Å². The molecule has 1 amide bonds. The Morgan fingerprint density at radius 2 is 1.88 bits per heavy atom. The molecular weight excluding hydrogens is 354 g/mol. The average Bonchev–Trinajstić information content (AvgIpc) is 2.55. The number of ether oxygens (including phenoxy) is 1. The largest absolute Gasteiger partial charge is 0.482 e. The number of carbonyl (C=O) groups is 1. The number of rotatable bonds is 6. The Hall–Kier alpha value is -3.20. The molecule has 0 radical (unpaired) electrons. The Morgan fingerprint density at radius 3 is 2.48 bits per heavy atom. The highest BCUT2D eigenvalue weighted by Gasteiger charge is 2.17. The molecule has 2 rings (SSSR count). The minimum atomic E-state index is -0.638. The predicted octanol–water partition coefficient (Wildman–Crippen LogP) is 3.48. The van der Waals surface area contributed by atoms with Gasteiger partial charge in [-0.1, -0.05) is 17.7 Å². The van der Waals surface area contributed by atoms with Crippen LogP contribution in [0.5, 0.6) is 5.75 Å². The standard InChI is InChI=1S/C15H12ClN3O6/c1-9-2-4-12(13(6-9)19(23)24)17-15(20)8-25-14-5-3-10(18(21)22)7-11(14)16/h2-7H,8H2,1H3,(H,17,20). The lowest BCUT2D eigenvalue weighted by Crippen LogP contribution is -2.20. The summed E-state index contributed by atoms with van der Waals surface area (Å²) >= 11 is 5.85. The summed E-state index contributed by atoms with van der Waals surface area (Å²) in [6, 6.07) is 7.93. The number of anilines is 1. The number of nitro groups is 2. The first kappa shape index (κ1) is 18.1. The van der Waals surface area contributed by atoms with Gasteiger partial charge < -0.3 is 10.1 Å². The highest BCUT2D eigenvalue weighted by molar-refractivity contribution is 6.32. The number of amides is 1. The van der Waals surface area contributed by atoms with Crippen molar-refractivity contribution in [2.45, 2.75) is 6.92 Å². The molecule has 0 saturated heterocycles. The van der Waals surface area contributed by atoms with Crippen LogP contribution in [-0.4, -0.2) is 22.4 Å². The van der Waals surface area contributed by atoms with Gasteiger partial charge in [0.2, 0.25) is 0 Å². The van der Waals surface area contributed by atoms with E-state index in [0.29, 0.717) is 5.56 Å². The van der Waals surface area contributed by atoms with Gasteiger partial charge in [0.15, 0.2) is 6.61 Å². The lowest BCUT2D eigenvalue weighted by atomic mass is 10.2. The SMILES string of the molecule is Cc1ccc(NC(=O)COc2ccc([N+](=O)[O-])cc2Cl)c([N+](=O)[O-])c1. The number of nitrogens with zero attached hydrogens (tertiary/aromatic N) is 2. The summed E-state index contributed by atoms with van der Waals surface area (Å²) in [4.78, 5) is 32.4. The van der Waals surface area contributed by atoms with E-state index in [4.69, 9.17) is 16.3 Å². The smallest absolute Gasteiger partial charge is 0.293 e. The summed E-state index contributed by atoms with van der Waals surface area (Å²) in [6.07, 6.45) is 0. The molecule has 0 aliphatic heterocycles. The lowest BCUT2D eigenvalue weighted by molar-refractivity contribution is -0.384. The Bertz CT molecular complexity index is 855. The first-order valence-electron chi connectivity index (χ1n) is 6.89. The van der Waals surface area contributed by atoms with E-state index in [0.717, 1.165) is 6.07 Å². The summed E-state index contributed by atoms with van der Waals surface area (Å²) in [7, 11) is 0. The third-order valence-electron chi connectivity index (χ3n) is 3.11.